The molecule has 0 fully saturated rings. The SMILES string of the molecule is CC#CC(=O)N(C)c1cc(-n2cc(-c3ccc(C(N)=O)c(OC)c3)c(F)n2)ccc1C. The molecule has 0 saturated heterocycles. The lowest BCUT2D eigenvalue weighted by molar-refractivity contribution is -0.113. The van der Waals surface area contributed by atoms with Crippen molar-refractivity contribution in [3.63, 3.8) is 0 Å². The Morgan fingerprint density at radius 3 is 2.61 bits per heavy atom. The number of halogens is 1. The van der Waals surface area contributed by atoms with E-state index in [1.54, 1.807) is 32.2 Å². The molecule has 0 aliphatic heterocycles. The predicted octanol–water partition coefficient (Wildman–Crippen LogP) is 3.08. The summed E-state index contributed by atoms with van der Waals surface area (Å²) in [5.41, 5.74) is 8.29. The molecule has 31 heavy (non-hydrogen) atoms. The number of anilines is 1. The average molecular weight is 420 g/mol. The van der Waals surface area contributed by atoms with Gasteiger partial charge in [0.15, 0.2) is 0 Å². The van der Waals surface area contributed by atoms with E-state index in [0.717, 1.165) is 5.56 Å². The molecule has 0 atom stereocenters. The standard InChI is InChI=1S/C23H21FN4O3/c1-5-6-21(29)27(3)19-12-16(9-7-14(19)2)28-13-18(22(24)26-28)15-8-10-17(23(25)30)20(11-15)31-4/h7-13H,1-4H3,(H2,25,30). The Morgan fingerprint density at radius 1 is 1.23 bits per heavy atom. The molecular formula is C23H21FN4O3. The fourth-order valence-corrected chi connectivity index (χ4v) is 3.14. The van der Waals surface area contributed by atoms with Crippen LogP contribution in [-0.2, 0) is 4.79 Å². The Labute approximate surface area is 179 Å². The molecule has 0 aliphatic rings. The molecule has 0 bridgehead atoms. The normalized spacial score (nSPS) is 10.2. The van der Waals surface area contributed by atoms with Gasteiger partial charge in [0.05, 0.1) is 23.9 Å². The molecule has 3 rings (SSSR count). The molecule has 8 heteroatoms. The summed E-state index contributed by atoms with van der Waals surface area (Å²) in [6, 6.07) is 9.90. The minimum Gasteiger partial charge on any atom is -0.496 e. The Balaban J connectivity index is 2.03. The van der Waals surface area contributed by atoms with E-state index in [-0.39, 0.29) is 22.8 Å². The van der Waals surface area contributed by atoms with E-state index >= 15 is 0 Å². The van der Waals surface area contributed by atoms with Gasteiger partial charge in [0.2, 0.25) is 5.95 Å². The van der Waals surface area contributed by atoms with Crippen LogP contribution < -0.4 is 15.4 Å². The van der Waals surface area contributed by atoms with E-state index in [2.05, 4.69) is 16.9 Å². The zero-order valence-electron chi connectivity index (χ0n) is 17.6. The van der Waals surface area contributed by atoms with E-state index in [1.165, 1.54) is 35.0 Å². The fraction of sp³-hybridized carbons (Fsp3) is 0.174. The van der Waals surface area contributed by atoms with Gasteiger partial charge in [0, 0.05) is 18.9 Å². The third-order valence-corrected chi connectivity index (χ3v) is 4.80. The number of hydrogen-bond acceptors (Lipinski definition) is 4. The van der Waals surface area contributed by atoms with E-state index in [4.69, 9.17) is 10.5 Å². The molecule has 2 aromatic carbocycles. The van der Waals surface area contributed by atoms with Crippen molar-refractivity contribution in [1.29, 1.82) is 0 Å². The van der Waals surface area contributed by atoms with Crippen molar-refractivity contribution in [3.05, 3.63) is 59.7 Å². The first kappa shape index (κ1) is 21.6. The molecule has 2 N–H and O–H groups in total. The average Bonchev–Trinajstić information content (AvgIpc) is 3.14. The van der Waals surface area contributed by atoms with Gasteiger partial charge in [-0.15, -0.1) is 5.10 Å². The molecule has 1 aromatic heterocycles. The maximum Gasteiger partial charge on any atom is 0.302 e. The Kier molecular flexibility index (Phi) is 6.07. The van der Waals surface area contributed by atoms with E-state index in [9.17, 15) is 14.0 Å². The van der Waals surface area contributed by atoms with Crippen LogP contribution in [0.15, 0.2) is 42.6 Å². The van der Waals surface area contributed by atoms with Crippen molar-refractivity contribution < 1.29 is 18.7 Å². The number of benzene rings is 2. The van der Waals surface area contributed by atoms with Crippen LogP contribution >= 0.6 is 0 Å². The second-order valence-corrected chi connectivity index (χ2v) is 6.77. The van der Waals surface area contributed by atoms with Crippen LogP contribution in [0.25, 0.3) is 16.8 Å². The van der Waals surface area contributed by atoms with Crippen LogP contribution in [0.2, 0.25) is 0 Å². The number of methoxy groups -OCH3 is 1. The molecule has 158 valence electrons. The zero-order chi connectivity index (χ0) is 22.7. The number of aromatic nitrogens is 2. The second-order valence-electron chi connectivity index (χ2n) is 6.77. The van der Waals surface area contributed by atoms with E-state index in [0.29, 0.717) is 16.9 Å². The summed E-state index contributed by atoms with van der Waals surface area (Å²) in [6.07, 6.45) is 1.52. The number of nitrogens with zero attached hydrogens (tertiary/aromatic N) is 3. The Bertz CT molecular complexity index is 1240. The van der Waals surface area contributed by atoms with Crippen LogP contribution in [0.5, 0.6) is 5.75 Å². The fourth-order valence-electron chi connectivity index (χ4n) is 3.14. The summed E-state index contributed by atoms with van der Waals surface area (Å²) >= 11 is 0. The van der Waals surface area contributed by atoms with Crippen molar-refractivity contribution >= 4 is 17.5 Å². The highest BCUT2D eigenvalue weighted by molar-refractivity contribution is 6.06. The maximum absolute atomic E-state index is 14.7. The number of carbonyl (C=O) groups is 2. The number of rotatable bonds is 5. The van der Waals surface area contributed by atoms with Crippen LogP contribution in [0.4, 0.5) is 10.1 Å². The Morgan fingerprint density at radius 2 is 1.97 bits per heavy atom. The topological polar surface area (TPSA) is 90.5 Å². The number of amides is 2. The number of ether oxygens (including phenoxy) is 1. The van der Waals surface area contributed by atoms with Gasteiger partial charge in [-0.1, -0.05) is 18.1 Å². The van der Waals surface area contributed by atoms with Gasteiger partial charge in [-0.2, -0.15) is 4.39 Å². The third-order valence-electron chi connectivity index (χ3n) is 4.80. The highest BCUT2D eigenvalue weighted by Gasteiger charge is 2.17. The van der Waals surface area contributed by atoms with Gasteiger partial charge in [-0.25, -0.2) is 4.68 Å². The highest BCUT2D eigenvalue weighted by atomic mass is 19.1. The first-order chi connectivity index (χ1) is 14.8. The van der Waals surface area contributed by atoms with Crippen LogP contribution in [0.3, 0.4) is 0 Å². The summed E-state index contributed by atoms with van der Waals surface area (Å²) in [4.78, 5) is 25.1. The molecule has 1 heterocycles. The monoisotopic (exact) mass is 420 g/mol. The highest BCUT2D eigenvalue weighted by Crippen LogP contribution is 2.30. The van der Waals surface area contributed by atoms with Crippen molar-refractivity contribution in [2.24, 2.45) is 5.73 Å². The van der Waals surface area contributed by atoms with Gasteiger partial charge in [-0.3, -0.25) is 9.59 Å². The molecule has 2 amide bonds. The minimum atomic E-state index is -0.697. The molecule has 3 aromatic rings. The molecular weight excluding hydrogens is 399 g/mol. The number of aryl methyl sites for hydroxylation is 1. The maximum atomic E-state index is 14.7. The lowest BCUT2D eigenvalue weighted by atomic mass is 10.1. The second kappa shape index (κ2) is 8.71. The largest absolute Gasteiger partial charge is 0.496 e. The smallest absolute Gasteiger partial charge is 0.302 e. The quantitative estimate of drug-likeness (QED) is 0.643. The molecule has 0 saturated carbocycles. The minimum absolute atomic E-state index is 0.199. The van der Waals surface area contributed by atoms with Crippen molar-refractivity contribution in [3.8, 4) is 34.4 Å². The third kappa shape index (κ3) is 4.26. The van der Waals surface area contributed by atoms with Gasteiger partial charge in [0.1, 0.15) is 5.75 Å². The number of nitrogens with two attached hydrogens (primary N) is 1. The van der Waals surface area contributed by atoms with Crippen LogP contribution in [0, 0.1) is 24.7 Å². The summed E-state index contributed by atoms with van der Waals surface area (Å²) < 4.78 is 21.3. The number of hydrogen-bond donors (Lipinski definition) is 1. The lowest BCUT2D eigenvalue weighted by Gasteiger charge is -2.18. The molecule has 0 unspecified atom stereocenters. The zero-order valence-corrected chi connectivity index (χ0v) is 17.6. The lowest BCUT2D eigenvalue weighted by Crippen LogP contribution is -2.25. The summed E-state index contributed by atoms with van der Waals surface area (Å²) in [7, 11) is 3.03. The first-order valence-electron chi connectivity index (χ1n) is 9.31. The van der Waals surface area contributed by atoms with Gasteiger partial charge >= 0.3 is 5.91 Å². The number of carbonyl (C=O) groups excluding carboxylic acids is 2. The van der Waals surface area contributed by atoms with Crippen LogP contribution in [0.1, 0.15) is 22.8 Å². The molecule has 0 spiro atoms. The molecule has 0 aliphatic carbocycles. The van der Waals surface area contributed by atoms with E-state index < -0.39 is 11.9 Å². The number of primary amides is 1. The summed E-state index contributed by atoms with van der Waals surface area (Å²) in [5, 5.41) is 3.97. The van der Waals surface area contributed by atoms with Gasteiger partial charge in [0.25, 0.3) is 5.91 Å². The first-order valence-corrected chi connectivity index (χ1v) is 9.31. The Hall–Kier alpha value is -4.12. The van der Waals surface area contributed by atoms with Gasteiger partial charge < -0.3 is 15.4 Å². The van der Waals surface area contributed by atoms with Crippen molar-refractivity contribution in [2.45, 2.75) is 13.8 Å². The summed E-state index contributed by atoms with van der Waals surface area (Å²) in [5.74, 6) is 3.64. The van der Waals surface area contributed by atoms with Crippen molar-refractivity contribution in [2.75, 3.05) is 19.1 Å². The van der Waals surface area contributed by atoms with E-state index in [1.807, 2.05) is 13.0 Å². The molecule has 0 radical (unpaired) electrons. The summed E-state index contributed by atoms with van der Waals surface area (Å²) in [6.45, 7) is 3.46. The molecule has 7 nitrogen and oxygen atoms in total. The van der Waals surface area contributed by atoms with Crippen LogP contribution in [-0.4, -0.2) is 35.8 Å². The predicted molar refractivity (Wildman–Crippen MR) is 116 cm³/mol. The van der Waals surface area contributed by atoms with Crippen molar-refractivity contribution in [1.82, 2.24) is 9.78 Å². The van der Waals surface area contributed by atoms with Gasteiger partial charge in [-0.05, 0) is 55.2 Å².